The molecule has 3 N–H and O–H groups in total. The molecule has 1 heterocycles. The summed E-state index contributed by atoms with van der Waals surface area (Å²) in [5.74, 6) is 0. The molecule has 0 aliphatic rings. The topological polar surface area (TPSA) is 87.4 Å². The van der Waals surface area contributed by atoms with Gasteiger partial charge >= 0.3 is 0 Å². The van der Waals surface area contributed by atoms with Gasteiger partial charge in [-0.05, 0) is 13.3 Å². The van der Waals surface area contributed by atoms with Gasteiger partial charge in [0.1, 0.15) is 5.02 Å². The maximum Gasteiger partial charge on any atom is 0.287 e. The van der Waals surface area contributed by atoms with Crippen LogP contribution in [-0.2, 0) is 6.54 Å². The van der Waals surface area contributed by atoms with Gasteiger partial charge < -0.3 is 15.5 Å². The monoisotopic (exact) mass is 289 g/mol. The van der Waals surface area contributed by atoms with Crippen LogP contribution in [0.3, 0.4) is 0 Å². The average molecular weight is 290 g/mol. The van der Waals surface area contributed by atoms with E-state index in [-0.39, 0.29) is 23.8 Å². The number of nitrogens with zero attached hydrogens (tertiary/aromatic N) is 2. The number of aliphatic hydroxyl groups excluding tert-OH is 2. The van der Waals surface area contributed by atoms with Gasteiger partial charge in [-0.1, -0.05) is 24.9 Å². The van der Waals surface area contributed by atoms with Crippen LogP contribution in [0.4, 0.5) is 5.69 Å². The van der Waals surface area contributed by atoms with Crippen LogP contribution < -0.4 is 10.9 Å². The Balaban J connectivity index is 2.99. The maximum absolute atomic E-state index is 12.0. The van der Waals surface area contributed by atoms with Crippen molar-refractivity contribution in [2.75, 3.05) is 18.5 Å². The average Bonchev–Trinajstić information content (AvgIpc) is 2.43. The third kappa shape index (κ3) is 3.92. The Kier molecular flexibility index (Phi) is 5.78. The molecular formula is C12H20ClN3O3. The Morgan fingerprint density at radius 3 is 2.63 bits per heavy atom. The number of aliphatic hydroxyl groups is 2. The minimum atomic E-state index is -0.951. The summed E-state index contributed by atoms with van der Waals surface area (Å²) >= 11 is 6.00. The molecule has 6 nitrogen and oxygen atoms in total. The zero-order valence-corrected chi connectivity index (χ0v) is 11.9. The molecule has 0 aromatic carbocycles. The number of rotatable bonds is 7. The fraction of sp³-hybridized carbons (Fsp3) is 0.667. The van der Waals surface area contributed by atoms with Crippen molar-refractivity contribution in [3.63, 3.8) is 0 Å². The molecule has 0 spiro atoms. The van der Waals surface area contributed by atoms with E-state index in [1.807, 2.05) is 6.92 Å². The SMILES string of the molecule is CCCCn1ncc(NC(C)(CO)CO)c(Cl)c1=O. The lowest BCUT2D eigenvalue weighted by Gasteiger charge is -2.27. The van der Waals surface area contributed by atoms with Gasteiger partial charge in [-0.25, -0.2) is 4.68 Å². The number of anilines is 1. The Bertz CT molecular complexity index is 472. The van der Waals surface area contributed by atoms with Crippen LogP contribution in [-0.4, -0.2) is 38.7 Å². The third-order valence-electron chi connectivity index (χ3n) is 2.84. The molecule has 1 rings (SSSR count). The molecule has 0 atom stereocenters. The number of aromatic nitrogens is 2. The molecule has 0 unspecified atom stereocenters. The van der Waals surface area contributed by atoms with Crippen molar-refractivity contribution < 1.29 is 10.2 Å². The lowest BCUT2D eigenvalue weighted by molar-refractivity contribution is 0.147. The molecule has 7 heteroatoms. The molecule has 0 bridgehead atoms. The van der Waals surface area contributed by atoms with Crippen molar-refractivity contribution in [1.29, 1.82) is 0 Å². The molecule has 108 valence electrons. The second-order valence-corrected chi connectivity index (χ2v) is 5.13. The summed E-state index contributed by atoms with van der Waals surface area (Å²) in [6.45, 7) is 3.58. The van der Waals surface area contributed by atoms with Crippen LogP contribution >= 0.6 is 11.6 Å². The van der Waals surface area contributed by atoms with Crippen molar-refractivity contribution >= 4 is 17.3 Å². The van der Waals surface area contributed by atoms with E-state index in [0.717, 1.165) is 12.8 Å². The quantitative estimate of drug-likeness (QED) is 0.693. The highest BCUT2D eigenvalue weighted by Crippen LogP contribution is 2.20. The Morgan fingerprint density at radius 2 is 2.11 bits per heavy atom. The van der Waals surface area contributed by atoms with Crippen LogP contribution in [0.2, 0.25) is 5.02 Å². The van der Waals surface area contributed by atoms with Crippen molar-refractivity contribution in [3.05, 3.63) is 21.6 Å². The van der Waals surface area contributed by atoms with E-state index in [0.29, 0.717) is 12.2 Å². The third-order valence-corrected chi connectivity index (χ3v) is 3.21. The molecule has 1 aromatic heterocycles. The lowest BCUT2D eigenvalue weighted by atomic mass is 10.1. The van der Waals surface area contributed by atoms with E-state index in [9.17, 15) is 15.0 Å². The molecule has 1 aromatic rings. The molecule has 0 fully saturated rings. The molecule has 0 amide bonds. The van der Waals surface area contributed by atoms with Gasteiger partial charge in [-0.15, -0.1) is 0 Å². The highest BCUT2D eigenvalue weighted by atomic mass is 35.5. The van der Waals surface area contributed by atoms with Gasteiger partial charge in [0, 0.05) is 6.54 Å². The van der Waals surface area contributed by atoms with Gasteiger partial charge in [0.2, 0.25) is 0 Å². The van der Waals surface area contributed by atoms with Crippen LogP contribution in [0.1, 0.15) is 26.7 Å². The second kappa shape index (κ2) is 6.88. The molecule has 0 saturated carbocycles. The van der Waals surface area contributed by atoms with Crippen molar-refractivity contribution in [2.24, 2.45) is 0 Å². The highest BCUT2D eigenvalue weighted by molar-refractivity contribution is 6.32. The first kappa shape index (κ1) is 15.9. The van der Waals surface area contributed by atoms with Crippen LogP contribution in [0.25, 0.3) is 0 Å². The van der Waals surface area contributed by atoms with Gasteiger partial charge in [0.25, 0.3) is 5.56 Å². The van der Waals surface area contributed by atoms with E-state index in [2.05, 4.69) is 10.4 Å². The van der Waals surface area contributed by atoms with Crippen molar-refractivity contribution in [2.45, 2.75) is 38.8 Å². The summed E-state index contributed by atoms with van der Waals surface area (Å²) in [5.41, 5.74) is -1.02. The summed E-state index contributed by atoms with van der Waals surface area (Å²) in [5, 5.41) is 25.3. The highest BCUT2D eigenvalue weighted by Gasteiger charge is 2.24. The van der Waals surface area contributed by atoms with Crippen molar-refractivity contribution in [1.82, 2.24) is 9.78 Å². The minimum absolute atomic E-state index is 0.0132. The molecule has 0 saturated heterocycles. The first-order valence-electron chi connectivity index (χ1n) is 6.23. The Labute approximate surface area is 117 Å². The zero-order chi connectivity index (χ0) is 14.5. The number of unbranched alkanes of at least 4 members (excludes halogenated alkanes) is 1. The Hall–Kier alpha value is -1.11. The van der Waals surface area contributed by atoms with Gasteiger partial charge in [0.15, 0.2) is 0 Å². The number of hydrogen-bond acceptors (Lipinski definition) is 5. The zero-order valence-electron chi connectivity index (χ0n) is 11.2. The first-order chi connectivity index (χ1) is 8.97. The number of nitrogens with one attached hydrogen (secondary N) is 1. The summed E-state index contributed by atoms with van der Waals surface area (Å²) in [6.07, 6.45) is 3.24. The van der Waals surface area contributed by atoms with Crippen molar-refractivity contribution in [3.8, 4) is 0 Å². The molecule has 0 radical (unpaired) electrons. The van der Waals surface area contributed by atoms with Crippen LogP contribution in [0.15, 0.2) is 11.0 Å². The molecular weight excluding hydrogens is 270 g/mol. The van der Waals surface area contributed by atoms with Gasteiger partial charge in [-0.3, -0.25) is 4.79 Å². The van der Waals surface area contributed by atoms with E-state index in [1.165, 1.54) is 10.9 Å². The predicted octanol–water partition coefficient (Wildman–Crippen LogP) is 0.852. The van der Waals surface area contributed by atoms with E-state index in [4.69, 9.17) is 11.6 Å². The minimum Gasteiger partial charge on any atom is -0.394 e. The smallest absolute Gasteiger partial charge is 0.287 e. The fourth-order valence-corrected chi connectivity index (χ4v) is 1.67. The summed E-state index contributed by atoms with van der Waals surface area (Å²) in [7, 11) is 0. The van der Waals surface area contributed by atoms with Crippen LogP contribution in [0, 0.1) is 0 Å². The first-order valence-corrected chi connectivity index (χ1v) is 6.60. The van der Waals surface area contributed by atoms with Gasteiger partial charge in [-0.2, -0.15) is 5.10 Å². The summed E-state index contributed by atoms with van der Waals surface area (Å²) < 4.78 is 1.31. The summed E-state index contributed by atoms with van der Waals surface area (Å²) in [4.78, 5) is 12.0. The lowest BCUT2D eigenvalue weighted by Crippen LogP contribution is -2.43. The predicted molar refractivity (Wildman–Crippen MR) is 74.6 cm³/mol. The standard InChI is InChI=1S/C12H20ClN3O3/c1-3-4-5-16-11(19)10(13)9(6-14-16)15-12(2,7-17)8-18/h6,15,17-18H,3-5,7-8H2,1-2H3. The normalized spacial score (nSPS) is 11.6. The van der Waals surface area contributed by atoms with E-state index >= 15 is 0 Å². The molecule has 0 aliphatic carbocycles. The largest absolute Gasteiger partial charge is 0.394 e. The molecule has 19 heavy (non-hydrogen) atoms. The number of aryl methyl sites for hydroxylation is 1. The van der Waals surface area contributed by atoms with Gasteiger partial charge in [0.05, 0.1) is 30.6 Å². The second-order valence-electron chi connectivity index (χ2n) is 4.76. The van der Waals surface area contributed by atoms with E-state index in [1.54, 1.807) is 6.92 Å². The van der Waals surface area contributed by atoms with E-state index < -0.39 is 5.54 Å². The Morgan fingerprint density at radius 1 is 1.47 bits per heavy atom. The number of halogens is 1. The van der Waals surface area contributed by atoms with Crippen LogP contribution in [0.5, 0.6) is 0 Å². The molecule has 0 aliphatic heterocycles. The summed E-state index contributed by atoms with van der Waals surface area (Å²) in [6, 6.07) is 0. The maximum atomic E-state index is 12.0. The fourth-order valence-electron chi connectivity index (χ4n) is 1.47. The number of hydrogen-bond donors (Lipinski definition) is 3.